The molecule has 0 radical (unpaired) electrons. The number of aryl methyl sites for hydroxylation is 1. The van der Waals surface area contributed by atoms with Gasteiger partial charge in [0.2, 0.25) is 11.1 Å². The monoisotopic (exact) mass is 388 g/mol. The van der Waals surface area contributed by atoms with Crippen LogP contribution in [0.1, 0.15) is 44.1 Å². The third kappa shape index (κ3) is 5.77. The second-order valence-electron chi connectivity index (χ2n) is 7.10. The van der Waals surface area contributed by atoms with Crippen LogP contribution in [0.15, 0.2) is 29.4 Å². The van der Waals surface area contributed by atoms with Crippen LogP contribution < -0.4 is 5.32 Å². The van der Waals surface area contributed by atoms with E-state index in [0.717, 1.165) is 17.4 Å². The highest BCUT2D eigenvalue weighted by Gasteiger charge is 2.19. The molecule has 1 N–H and O–H groups in total. The van der Waals surface area contributed by atoms with Gasteiger partial charge in [-0.05, 0) is 41.9 Å². The summed E-state index contributed by atoms with van der Waals surface area (Å²) in [5.74, 6) is 0.662. The minimum atomic E-state index is 0.0189. The average molecular weight is 389 g/mol. The largest absolute Gasteiger partial charge is 0.326 e. The number of carbonyl (C=O) groups excluding carboxylic acids is 1. The van der Waals surface area contributed by atoms with Crippen molar-refractivity contribution in [1.82, 2.24) is 25.1 Å². The van der Waals surface area contributed by atoms with Gasteiger partial charge < -0.3 is 5.32 Å². The molecule has 3 rings (SSSR count). The normalized spacial score (nSPS) is 15.2. The predicted octanol–water partition coefficient (Wildman–Crippen LogP) is 3.10. The molecule has 1 aliphatic carbocycles. The second-order valence-corrected chi connectivity index (χ2v) is 8.16. The number of hydrogen-bond donors (Lipinski definition) is 1. The van der Waals surface area contributed by atoms with Gasteiger partial charge in [-0.1, -0.05) is 49.2 Å². The number of hydrogen-bond acceptors (Lipinski definition) is 6. The fourth-order valence-electron chi connectivity index (χ4n) is 3.49. The Morgan fingerprint density at radius 1 is 1.30 bits per heavy atom. The molecule has 146 valence electrons. The van der Waals surface area contributed by atoms with Crippen LogP contribution in [0.4, 0.5) is 5.69 Å². The van der Waals surface area contributed by atoms with E-state index in [1.807, 2.05) is 18.2 Å². The number of amides is 1. The lowest BCUT2D eigenvalue weighted by Gasteiger charge is -2.31. The van der Waals surface area contributed by atoms with E-state index in [2.05, 4.69) is 38.9 Å². The maximum atomic E-state index is 12.4. The van der Waals surface area contributed by atoms with Crippen molar-refractivity contribution in [2.75, 3.05) is 18.1 Å². The number of thioether (sulfide) groups is 1. The van der Waals surface area contributed by atoms with E-state index in [9.17, 15) is 4.79 Å². The number of anilines is 1. The molecular formula is C19H28N6OS. The molecule has 0 saturated heterocycles. The molecule has 1 aromatic carbocycles. The van der Waals surface area contributed by atoms with Crippen LogP contribution >= 0.6 is 11.8 Å². The Labute approximate surface area is 164 Å². The van der Waals surface area contributed by atoms with Gasteiger partial charge in [0.05, 0.1) is 0 Å². The van der Waals surface area contributed by atoms with Crippen molar-refractivity contribution in [2.45, 2.75) is 56.3 Å². The molecule has 1 heterocycles. The number of nitrogens with zero attached hydrogens (tertiary/aromatic N) is 5. The lowest BCUT2D eigenvalue weighted by Crippen LogP contribution is -2.33. The summed E-state index contributed by atoms with van der Waals surface area (Å²) in [6.45, 7) is 0.862. The van der Waals surface area contributed by atoms with Gasteiger partial charge in [0.1, 0.15) is 0 Å². The highest BCUT2D eigenvalue weighted by molar-refractivity contribution is 7.99. The molecule has 8 heteroatoms. The lowest BCUT2D eigenvalue weighted by atomic mass is 9.94. The fraction of sp³-hybridized carbons (Fsp3) is 0.579. The third-order valence-corrected chi connectivity index (χ3v) is 6.06. The van der Waals surface area contributed by atoms with Gasteiger partial charge in [0.15, 0.2) is 0 Å². The zero-order valence-corrected chi connectivity index (χ0v) is 16.9. The second kappa shape index (κ2) is 9.85. The minimum absolute atomic E-state index is 0.0189. The average Bonchev–Trinajstić information content (AvgIpc) is 3.09. The Balaban J connectivity index is 1.52. The van der Waals surface area contributed by atoms with Crippen LogP contribution in [0, 0.1) is 0 Å². The standard InChI is InChI=1S/C19H28N6OS/c1-24(16-9-4-3-5-10-16)14-15-8-6-7-11-17(15)20-18(26)12-13-27-19-21-22-23-25(19)2/h6-8,11,16H,3-5,9-10,12-14H2,1-2H3,(H,20,26). The van der Waals surface area contributed by atoms with Crippen LogP contribution in [-0.2, 0) is 18.4 Å². The molecule has 1 saturated carbocycles. The summed E-state index contributed by atoms with van der Waals surface area (Å²) in [4.78, 5) is 14.8. The Morgan fingerprint density at radius 3 is 2.81 bits per heavy atom. The highest BCUT2D eigenvalue weighted by atomic mass is 32.2. The molecule has 1 aliphatic rings. The number of benzene rings is 1. The summed E-state index contributed by atoms with van der Waals surface area (Å²) < 4.78 is 1.61. The maximum Gasteiger partial charge on any atom is 0.225 e. The highest BCUT2D eigenvalue weighted by Crippen LogP contribution is 2.25. The number of para-hydroxylation sites is 1. The zero-order valence-electron chi connectivity index (χ0n) is 16.1. The molecule has 0 atom stereocenters. The SMILES string of the molecule is CN(Cc1ccccc1NC(=O)CCSc1nnnn1C)C1CCCCC1. The fourth-order valence-corrected chi connectivity index (χ4v) is 4.28. The molecule has 0 unspecified atom stereocenters. The third-order valence-electron chi connectivity index (χ3n) is 5.05. The van der Waals surface area contributed by atoms with Crippen LogP contribution in [0.25, 0.3) is 0 Å². The van der Waals surface area contributed by atoms with Gasteiger partial charge in [-0.2, -0.15) is 0 Å². The minimum Gasteiger partial charge on any atom is -0.326 e. The molecule has 27 heavy (non-hydrogen) atoms. The summed E-state index contributed by atoms with van der Waals surface area (Å²) in [5.41, 5.74) is 2.08. The number of aromatic nitrogens is 4. The van der Waals surface area contributed by atoms with Gasteiger partial charge in [-0.15, -0.1) is 5.10 Å². The summed E-state index contributed by atoms with van der Waals surface area (Å²) >= 11 is 1.48. The van der Waals surface area contributed by atoms with Crippen molar-refractivity contribution < 1.29 is 4.79 Å². The maximum absolute atomic E-state index is 12.4. The van der Waals surface area contributed by atoms with Gasteiger partial charge in [0, 0.05) is 37.5 Å². The zero-order chi connectivity index (χ0) is 19.1. The van der Waals surface area contributed by atoms with Gasteiger partial charge in [-0.25, -0.2) is 4.68 Å². The molecule has 1 amide bonds. The first kappa shape index (κ1) is 19.8. The molecular weight excluding hydrogens is 360 g/mol. The Morgan fingerprint density at radius 2 is 2.07 bits per heavy atom. The Kier molecular flexibility index (Phi) is 7.23. The van der Waals surface area contributed by atoms with E-state index < -0.39 is 0 Å². The van der Waals surface area contributed by atoms with E-state index >= 15 is 0 Å². The number of tetrazole rings is 1. The van der Waals surface area contributed by atoms with Gasteiger partial charge in [-0.3, -0.25) is 9.69 Å². The topological polar surface area (TPSA) is 75.9 Å². The number of nitrogens with one attached hydrogen (secondary N) is 1. The van der Waals surface area contributed by atoms with E-state index in [4.69, 9.17) is 0 Å². The van der Waals surface area contributed by atoms with Crippen molar-refractivity contribution in [2.24, 2.45) is 7.05 Å². The Bertz CT molecular complexity index is 743. The van der Waals surface area contributed by atoms with E-state index in [-0.39, 0.29) is 5.91 Å². The van der Waals surface area contributed by atoms with E-state index in [1.54, 1.807) is 11.7 Å². The van der Waals surface area contributed by atoms with E-state index in [1.165, 1.54) is 49.4 Å². The van der Waals surface area contributed by atoms with Crippen molar-refractivity contribution in [1.29, 1.82) is 0 Å². The number of carbonyl (C=O) groups is 1. The predicted molar refractivity (Wildman–Crippen MR) is 108 cm³/mol. The summed E-state index contributed by atoms with van der Waals surface area (Å²) in [6, 6.07) is 8.76. The summed E-state index contributed by atoms with van der Waals surface area (Å²) in [6.07, 6.45) is 6.99. The molecule has 0 bridgehead atoms. The summed E-state index contributed by atoms with van der Waals surface area (Å²) in [5, 5.41) is 15.1. The number of rotatable bonds is 8. The van der Waals surface area contributed by atoms with Crippen LogP contribution in [0.5, 0.6) is 0 Å². The molecule has 0 aliphatic heterocycles. The first-order valence-electron chi connectivity index (χ1n) is 9.56. The molecule has 0 spiro atoms. The lowest BCUT2D eigenvalue weighted by molar-refractivity contribution is -0.115. The van der Waals surface area contributed by atoms with Crippen LogP contribution in [-0.4, -0.2) is 49.9 Å². The molecule has 2 aromatic rings. The molecule has 1 aromatic heterocycles. The smallest absolute Gasteiger partial charge is 0.225 e. The van der Waals surface area contributed by atoms with Crippen LogP contribution in [0.2, 0.25) is 0 Å². The molecule has 7 nitrogen and oxygen atoms in total. The quantitative estimate of drug-likeness (QED) is 0.701. The van der Waals surface area contributed by atoms with Crippen LogP contribution in [0.3, 0.4) is 0 Å². The van der Waals surface area contributed by atoms with Gasteiger partial charge >= 0.3 is 0 Å². The van der Waals surface area contributed by atoms with Gasteiger partial charge in [0.25, 0.3) is 0 Å². The first-order chi connectivity index (χ1) is 13.1. The first-order valence-corrected chi connectivity index (χ1v) is 10.5. The summed E-state index contributed by atoms with van der Waals surface area (Å²) in [7, 11) is 3.99. The Hall–Kier alpha value is -1.93. The van der Waals surface area contributed by atoms with Crippen molar-refractivity contribution in [3.63, 3.8) is 0 Å². The van der Waals surface area contributed by atoms with E-state index in [0.29, 0.717) is 18.2 Å². The van der Waals surface area contributed by atoms with Crippen molar-refractivity contribution in [3.05, 3.63) is 29.8 Å². The molecule has 1 fully saturated rings. The van der Waals surface area contributed by atoms with Crippen molar-refractivity contribution in [3.8, 4) is 0 Å². The van der Waals surface area contributed by atoms with Crippen molar-refractivity contribution >= 4 is 23.4 Å².